The molecule has 2 atom stereocenters. The number of hydrogen-bond donors (Lipinski definition) is 2. The van der Waals surface area contributed by atoms with E-state index in [2.05, 4.69) is 5.32 Å². The number of alkyl halides is 1. The van der Waals surface area contributed by atoms with Crippen LogP contribution in [0.25, 0.3) is 0 Å². The van der Waals surface area contributed by atoms with Crippen LogP contribution in [0.4, 0.5) is 15.8 Å². The molecular formula is C24H24ClFN2O5S. The lowest BCUT2D eigenvalue weighted by Gasteiger charge is -2.32. The maximum atomic E-state index is 13.6. The molecule has 0 saturated carbocycles. The molecular weight excluding hydrogens is 483 g/mol. The van der Waals surface area contributed by atoms with Crippen LogP contribution in [0.2, 0.25) is 5.02 Å². The molecule has 0 aliphatic carbocycles. The van der Waals surface area contributed by atoms with E-state index in [4.69, 9.17) is 16.7 Å². The smallest absolute Gasteiger partial charge is 0.305 e. The highest BCUT2D eigenvalue weighted by Gasteiger charge is 2.34. The number of amides is 2. The zero-order chi connectivity index (χ0) is 25.0. The lowest BCUT2D eigenvalue weighted by atomic mass is 9.90. The monoisotopic (exact) mass is 506 g/mol. The molecule has 7 nitrogen and oxygen atoms in total. The molecule has 0 fully saturated rings. The fourth-order valence-electron chi connectivity index (χ4n) is 3.70. The minimum absolute atomic E-state index is 0.200. The molecule has 2 aromatic carbocycles. The van der Waals surface area contributed by atoms with Crippen LogP contribution < -0.4 is 10.2 Å². The Bertz CT molecular complexity index is 1130. The molecule has 0 spiro atoms. The van der Waals surface area contributed by atoms with Crippen molar-refractivity contribution in [3.63, 3.8) is 0 Å². The summed E-state index contributed by atoms with van der Waals surface area (Å²) in [5.74, 6) is -4.58. The molecule has 1 heterocycles. The number of carbonyl (C=O) groups excluding carboxylic acids is 3. The van der Waals surface area contributed by atoms with E-state index in [-0.39, 0.29) is 18.2 Å². The number of nitrogens with one attached hydrogen (secondary N) is 1. The number of benzene rings is 2. The van der Waals surface area contributed by atoms with E-state index in [0.717, 1.165) is 9.79 Å². The number of fused-ring (bicyclic) bond motifs is 2. The van der Waals surface area contributed by atoms with Gasteiger partial charge in [0.1, 0.15) is 12.7 Å². The molecule has 1 aliphatic heterocycles. The van der Waals surface area contributed by atoms with E-state index in [9.17, 15) is 23.6 Å². The molecule has 34 heavy (non-hydrogen) atoms. The van der Waals surface area contributed by atoms with Crippen LogP contribution in [0.15, 0.2) is 52.3 Å². The SMILES string of the molecule is CC(C)[C@H](CC(=O)N1c2ccccc2Sc2cc(Cl)ccc21)C(=O)NC(CC(=O)O)C(=O)CF. The largest absolute Gasteiger partial charge is 0.481 e. The lowest BCUT2D eigenvalue weighted by molar-refractivity contribution is -0.141. The Kier molecular flexibility index (Phi) is 8.33. The molecule has 2 aromatic rings. The van der Waals surface area contributed by atoms with E-state index < -0.39 is 42.7 Å². The number of halogens is 2. The third kappa shape index (κ3) is 5.77. The van der Waals surface area contributed by atoms with Crippen molar-refractivity contribution in [3.05, 3.63) is 47.5 Å². The Morgan fingerprint density at radius 2 is 1.74 bits per heavy atom. The van der Waals surface area contributed by atoms with Gasteiger partial charge in [-0.25, -0.2) is 4.39 Å². The van der Waals surface area contributed by atoms with Gasteiger partial charge in [0, 0.05) is 27.2 Å². The molecule has 0 radical (unpaired) electrons. The van der Waals surface area contributed by atoms with Gasteiger partial charge >= 0.3 is 5.97 Å². The number of hydrogen-bond acceptors (Lipinski definition) is 5. The average Bonchev–Trinajstić information content (AvgIpc) is 2.79. The molecule has 3 rings (SSSR count). The predicted octanol–water partition coefficient (Wildman–Crippen LogP) is 4.63. The predicted molar refractivity (Wildman–Crippen MR) is 127 cm³/mol. The van der Waals surface area contributed by atoms with Gasteiger partial charge in [-0.15, -0.1) is 0 Å². The van der Waals surface area contributed by atoms with Gasteiger partial charge in [-0.05, 0) is 36.2 Å². The van der Waals surface area contributed by atoms with Crippen LogP contribution in [0.5, 0.6) is 0 Å². The Morgan fingerprint density at radius 3 is 2.38 bits per heavy atom. The summed E-state index contributed by atoms with van der Waals surface area (Å²) < 4.78 is 12.9. The quantitative estimate of drug-likeness (QED) is 0.514. The first-order chi connectivity index (χ1) is 16.1. The van der Waals surface area contributed by atoms with Crippen molar-refractivity contribution in [2.75, 3.05) is 11.6 Å². The number of carboxylic acid groups (broad SMARTS) is 1. The summed E-state index contributed by atoms with van der Waals surface area (Å²) in [6.45, 7) is 2.09. The normalized spacial score (nSPS) is 14.1. The topological polar surface area (TPSA) is 104 Å². The number of ketones is 1. The Hall–Kier alpha value is -2.91. The number of Topliss-reactive ketones (excluding diaryl/α,β-unsaturated/α-hetero) is 1. The van der Waals surface area contributed by atoms with E-state index in [1.165, 1.54) is 11.8 Å². The molecule has 2 N–H and O–H groups in total. The first-order valence-corrected chi connectivity index (χ1v) is 11.8. The summed E-state index contributed by atoms with van der Waals surface area (Å²) in [6, 6.07) is 11.1. The van der Waals surface area contributed by atoms with Crippen molar-refractivity contribution in [3.8, 4) is 0 Å². The van der Waals surface area contributed by atoms with Crippen LogP contribution in [0, 0.1) is 11.8 Å². The summed E-state index contributed by atoms with van der Waals surface area (Å²) in [6.07, 6.45) is -0.938. The van der Waals surface area contributed by atoms with Crippen molar-refractivity contribution >= 4 is 58.3 Å². The molecule has 0 saturated heterocycles. The highest BCUT2D eigenvalue weighted by atomic mass is 35.5. The second-order valence-electron chi connectivity index (χ2n) is 8.22. The minimum atomic E-state index is -1.50. The number of anilines is 2. The van der Waals surface area contributed by atoms with Crippen LogP contribution in [0.3, 0.4) is 0 Å². The highest BCUT2D eigenvalue weighted by Crippen LogP contribution is 2.49. The van der Waals surface area contributed by atoms with Crippen molar-refractivity contribution in [2.45, 2.75) is 42.5 Å². The van der Waals surface area contributed by atoms with Gasteiger partial charge in [0.15, 0.2) is 5.78 Å². The van der Waals surface area contributed by atoms with Gasteiger partial charge in [0.2, 0.25) is 11.8 Å². The summed E-state index contributed by atoms with van der Waals surface area (Å²) in [7, 11) is 0. The van der Waals surface area contributed by atoms with Crippen molar-refractivity contribution in [2.24, 2.45) is 11.8 Å². The first kappa shape index (κ1) is 25.7. The first-order valence-electron chi connectivity index (χ1n) is 10.6. The van der Waals surface area contributed by atoms with E-state index >= 15 is 0 Å². The van der Waals surface area contributed by atoms with Crippen LogP contribution in [-0.4, -0.2) is 41.4 Å². The zero-order valence-corrected chi connectivity index (χ0v) is 20.2. The van der Waals surface area contributed by atoms with Crippen molar-refractivity contribution < 1.29 is 28.7 Å². The number of carbonyl (C=O) groups is 4. The molecule has 1 unspecified atom stereocenters. The zero-order valence-electron chi connectivity index (χ0n) is 18.6. The van der Waals surface area contributed by atoms with Gasteiger partial charge in [0.05, 0.1) is 17.8 Å². The van der Waals surface area contributed by atoms with E-state index in [1.54, 1.807) is 36.9 Å². The molecule has 2 amide bonds. The number of nitrogens with zero attached hydrogens (tertiary/aromatic N) is 1. The standard InChI is InChI=1S/C24H24ClFN2O5S/c1-13(2)15(24(33)27-16(11-23(31)32)19(29)12-26)10-22(30)28-17-5-3-4-6-20(17)34-21-9-14(25)7-8-18(21)28/h3-9,13,15-16H,10-12H2,1-2H3,(H,27,33)(H,31,32)/t15-,16?/m0/s1. The fraction of sp³-hybridized carbons (Fsp3) is 0.333. The number of carboxylic acids is 1. The summed E-state index contributed by atoms with van der Waals surface area (Å²) >= 11 is 7.64. The molecule has 180 valence electrons. The van der Waals surface area contributed by atoms with Crippen LogP contribution >= 0.6 is 23.4 Å². The fourth-order valence-corrected chi connectivity index (χ4v) is 5.04. The van der Waals surface area contributed by atoms with Crippen LogP contribution in [-0.2, 0) is 19.2 Å². The number of aliphatic carboxylic acids is 1. The van der Waals surface area contributed by atoms with Crippen LogP contribution in [0.1, 0.15) is 26.7 Å². The molecule has 0 bridgehead atoms. The average molecular weight is 507 g/mol. The summed E-state index contributed by atoms with van der Waals surface area (Å²) in [4.78, 5) is 52.6. The van der Waals surface area contributed by atoms with E-state index in [0.29, 0.717) is 16.4 Å². The molecule has 1 aliphatic rings. The van der Waals surface area contributed by atoms with E-state index in [1.807, 2.05) is 24.3 Å². The second-order valence-corrected chi connectivity index (χ2v) is 9.74. The summed E-state index contributed by atoms with van der Waals surface area (Å²) in [5.41, 5.74) is 1.31. The van der Waals surface area contributed by atoms with Gasteiger partial charge < -0.3 is 10.4 Å². The Balaban J connectivity index is 1.88. The highest BCUT2D eigenvalue weighted by molar-refractivity contribution is 7.99. The van der Waals surface area contributed by atoms with Gasteiger partial charge in [0.25, 0.3) is 0 Å². The van der Waals surface area contributed by atoms with Gasteiger partial charge in [-0.2, -0.15) is 0 Å². The van der Waals surface area contributed by atoms with Gasteiger partial charge in [-0.1, -0.05) is 49.3 Å². The minimum Gasteiger partial charge on any atom is -0.481 e. The Labute approximate surface area is 205 Å². The third-order valence-corrected chi connectivity index (χ3v) is 6.84. The van der Waals surface area contributed by atoms with Gasteiger partial charge in [-0.3, -0.25) is 24.1 Å². The number of para-hydroxylation sites is 1. The Morgan fingerprint density at radius 1 is 1.06 bits per heavy atom. The van der Waals surface area contributed by atoms with Crippen molar-refractivity contribution in [1.82, 2.24) is 5.32 Å². The number of rotatable bonds is 9. The maximum absolute atomic E-state index is 13.6. The summed E-state index contributed by atoms with van der Waals surface area (Å²) in [5, 5.41) is 11.9. The maximum Gasteiger partial charge on any atom is 0.305 e. The molecule has 0 aromatic heterocycles. The third-order valence-electron chi connectivity index (χ3n) is 5.49. The lowest BCUT2D eigenvalue weighted by Crippen LogP contribution is -2.47. The second kappa shape index (κ2) is 11.0. The van der Waals surface area contributed by atoms with Crippen molar-refractivity contribution in [1.29, 1.82) is 0 Å². The molecule has 10 heteroatoms.